The average Bonchev–Trinajstić information content (AvgIpc) is 2.43. The number of para-hydroxylation sites is 1. The quantitative estimate of drug-likeness (QED) is 0.828. The zero-order valence-electron chi connectivity index (χ0n) is 10.8. The summed E-state index contributed by atoms with van der Waals surface area (Å²) in [5.74, 6) is 0.663. The first-order valence-electron chi connectivity index (χ1n) is 6.14. The maximum Gasteiger partial charge on any atom is 0.257 e. The van der Waals surface area contributed by atoms with Gasteiger partial charge in [-0.15, -0.1) is 0 Å². The van der Waals surface area contributed by atoms with E-state index in [1.165, 1.54) is 0 Å². The van der Waals surface area contributed by atoms with Gasteiger partial charge in [-0.1, -0.05) is 6.07 Å². The smallest absolute Gasteiger partial charge is 0.257 e. The molecule has 5 nitrogen and oxygen atoms in total. The molecule has 0 radical (unpaired) electrons. The zero-order valence-corrected chi connectivity index (χ0v) is 10.8. The summed E-state index contributed by atoms with van der Waals surface area (Å²) < 4.78 is 5.60. The van der Waals surface area contributed by atoms with Gasteiger partial charge in [0.15, 0.2) is 5.75 Å². The lowest BCUT2D eigenvalue weighted by molar-refractivity contribution is 0.0792. The van der Waals surface area contributed by atoms with Gasteiger partial charge in [-0.05, 0) is 19.2 Å². The van der Waals surface area contributed by atoms with Crippen molar-refractivity contribution in [1.29, 1.82) is 0 Å². The van der Waals surface area contributed by atoms with Crippen LogP contribution in [0.15, 0.2) is 18.2 Å². The van der Waals surface area contributed by atoms with E-state index >= 15 is 0 Å². The number of anilines is 1. The number of benzene rings is 1. The molecule has 18 heavy (non-hydrogen) atoms. The summed E-state index contributed by atoms with van der Waals surface area (Å²) in [6.07, 6.45) is 0. The van der Waals surface area contributed by atoms with Gasteiger partial charge in [-0.3, -0.25) is 4.79 Å². The predicted molar refractivity (Wildman–Crippen MR) is 71.3 cm³/mol. The molecule has 2 N–H and O–H groups in total. The Labute approximate surface area is 107 Å². The highest BCUT2D eigenvalue weighted by Crippen LogP contribution is 2.31. The van der Waals surface area contributed by atoms with Crippen molar-refractivity contribution in [2.24, 2.45) is 0 Å². The number of hydrogen-bond donors (Lipinski definition) is 2. The summed E-state index contributed by atoms with van der Waals surface area (Å²) in [6, 6.07) is 5.61. The number of rotatable bonds is 4. The topological polar surface area (TPSA) is 53.6 Å². The third-order valence-electron chi connectivity index (χ3n) is 2.95. The number of likely N-dealkylation sites (N-methyl/N-ethyl adjacent to an activating group) is 2. The summed E-state index contributed by atoms with van der Waals surface area (Å²) >= 11 is 0. The lowest BCUT2D eigenvalue weighted by Gasteiger charge is -2.23. The predicted octanol–water partition coefficient (Wildman–Crippen LogP) is 0.782. The van der Waals surface area contributed by atoms with Crippen molar-refractivity contribution in [2.45, 2.75) is 0 Å². The number of ether oxygens (including phenoxy) is 1. The summed E-state index contributed by atoms with van der Waals surface area (Å²) in [5.41, 5.74) is 1.52. The summed E-state index contributed by atoms with van der Waals surface area (Å²) in [6.45, 7) is 2.82. The largest absolute Gasteiger partial charge is 0.489 e. The van der Waals surface area contributed by atoms with E-state index in [1.807, 2.05) is 25.2 Å². The summed E-state index contributed by atoms with van der Waals surface area (Å²) in [5, 5.41) is 6.26. The zero-order chi connectivity index (χ0) is 13.0. The van der Waals surface area contributed by atoms with Crippen LogP contribution in [-0.4, -0.2) is 51.1 Å². The van der Waals surface area contributed by atoms with Crippen molar-refractivity contribution in [3.63, 3.8) is 0 Å². The van der Waals surface area contributed by atoms with Crippen LogP contribution in [0, 0.1) is 0 Å². The fourth-order valence-corrected chi connectivity index (χ4v) is 1.93. The van der Waals surface area contributed by atoms with Crippen molar-refractivity contribution in [3.8, 4) is 5.75 Å². The second-order valence-electron chi connectivity index (χ2n) is 4.29. The van der Waals surface area contributed by atoms with Gasteiger partial charge in [-0.25, -0.2) is 0 Å². The maximum absolute atomic E-state index is 12.3. The van der Waals surface area contributed by atoms with Crippen LogP contribution in [-0.2, 0) is 0 Å². The van der Waals surface area contributed by atoms with Crippen LogP contribution < -0.4 is 15.4 Å². The van der Waals surface area contributed by atoms with Crippen LogP contribution in [0.1, 0.15) is 10.4 Å². The molecule has 0 aliphatic carbocycles. The van der Waals surface area contributed by atoms with E-state index in [-0.39, 0.29) is 5.91 Å². The monoisotopic (exact) mass is 249 g/mol. The van der Waals surface area contributed by atoms with Crippen LogP contribution in [0.3, 0.4) is 0 Å². The van der Waals surface area contributed by atoms with Gasteiger partial charge < -0.3 is 20.3 Å². The first kappa shape index (κ1) is 12.7. The Bertz CT molecular complexity index is 434. The molecule has 2 rings (SSSR count). The average molecular weight is 249 g/mol. The standard InChI is InChI=1S/C13H19N3O2/c1-14-6-8-16(2)13(17)10-4-3-5-11-12(10)18-9-7-15-11/h3-5,14-15H,6-9H2,1-2H3. The Balaban J connectivity index is 2.19. The van der Waals surface area contributed by atoms with Crippen molar-refractivity contribution >= 4 is 11.6 Å². The minimum Gasteiger partial charge on any atom is -0.489 e. The first-order valence-corrected chi connectivity index (χ1v) is 6.14. The number of nitrogens with zero attached hydrogens (tertiary/aromatic N) is 1. The molecule has 0 fully saturated rings. The maximum atomic E-state index is 12.3. The molecule has 1 heterocycles. The van der Waals surface area contributed by atoms with Crippen LogP contribution in [0.2, 0.25) is 0 Å². The minimum atomic E-state index is -0.00852. The van der Waals surface area contributed by atoms with Crippen molar-refractivity contribution in [2.75, 3.05) is 45.7 Å². The van der Waals surface area contributed by atoms with Crippen molar-refractivity contribution in [1.82, 2.24) is 10.2 Å². The molecule has 0 saturated heterocycles. The number of fused-ring (bicyclic) bond motifs is 1. The lowest BCUT2D eigenvalue weighted by atomic mass is 10.1. The SMILES string of the molecule is CNCCN(C)C(=O)c1cccc2c1OCCN2. The number of carbonyl (C=O) groups is 1. The molecule has 1 aromatic rings. The fourth-order valence-electron chi connectivity index (χ4n) is 1.93. The molecule has 1 aliphatic rings. The normalized spacial score (nSPS) is 13.2. The second kappa shape index (κ2) is 5.73. The summed E-state index contributed by atoms with van der Waals surface area (Å²) in [7, 11) is 3.67. The fraction of sp³-hybridized carbons (Fsp3) is 0.462. The number of nitrogens with one attached hydrogen (secondary N) is 2. The Morgan fingerprint density at radius 2 is 2.39 bits per heavy atom. The summed E-state index contributed by atoms with van der Waals surface area (Å²) in [4.78, 5) is 14.0. The molecule has 1 amide bonds. The van der Waals surface area contributed by atoms with Gasteiger partial charge in [0.25, 0.3) is 5.91 Å². The second-order valence-corrected chi connectivity index (χ2v) is 4.29. The number of amides is 1. The molecule has 98 valence electrons. The van der Waals surface area contributed by atoms with Gasteiger partial charge in [0.05, 0.1) is 11.3 Å². The first-order chi connectivity index (χ1) is 8.74. The van der Waals surface area contributed by atoms with Gasteiger partial charge in [0.1, 0.15) is 6.61 Å². The third kappa shape index (κ3) is 2.56. The van der Waals surface area contributed by atoms with E-state index in [2.05, 4.69) is 10.6 Å². The molecule has 1 aromatic carbocycles. The molecule has 0 bridgehead atoms. The Kier molecular flexibility index (Phi) is 4.04. The molecule has 0 atom stereocenters. The van der Waals surface area contributed by atoms with Gasteiger partial charge in [0.2, 0.25) is 0 Å². The Morgan fingerprint density at radius 3 is 3.17 bits per heavy atom. The highest BCUT2D eigenvalue weighted by atomic mass is 16.5. The van der Waals surface area contributed by atoms with Crippen molar-refractivity contribution < 1.29 is 9.53 Å². The molecular weight excluding hydrogens is 230 g/mol. The Morgan fingerprint density at radius 1 is 1.56 bits per heavy atom. The van der Waals surface area contributed by atoms with E-state index < -0.39 is 0 Å². The highest BCUT2D eigenvalue weighted by molar-refractivity contribution is 5.98. The molecule has 0 unspecified atom stereocenters. The van der Waals surface area contributed by atoms with Crippen LogP contribution in [0.25, 0.3) is 0 Å². The van der Waals surface area contributed by atoms with E-state index in [1.54, 1.807) is 11.9 Å². The molecule has 0 saturated carbocycles. The highest BCUT2D eigenvalue weighted by Gasteiger charge is 2.21. The van der Waals surface area contributed by atoms with Gasteiger partial charge in [0, 0.05) is 26.7 Å². The lowest BCUT2D eigenvalue weighted by Crippen LogP contribution is -2.33. The van der Waals surface area contributed by atoms with E-state index in [4.69, 9.17) is 4.74 Å². The van der Waals surface area contributed by atoms with E-state index in [9.17, 15) is 4.79 Å². The van der Waals surface area contributed by atoms with Crippen LogP contribution in [0.4, 0.5) is 5.69 Å². The third-order valence-corrected chi connectivity index (χ3v) is 2.95. The molecule has 1 aliphatic heterocycles. The number of carbonyl (C=O) groups excluding carboxylic acids is 1. The van der Waals surface area contributed by atoms with Crippen molar-refractivity contribution in [3.05, 3.63) is 23.8 Å². The van der Waals surface area contributed by atoms with Gasteiger partial charge >= 0.3 is 0 Å². The Hall–Kier alpha value is -1.75. The van der Waals surface area contributed by atoms with E-state index in [0.717, 1.165) is 18.8 Å². The van der Waals surface area contributed by atoms with Gasteiger partial charge in [-0.2, -0.15) is 0 Å². The van der Waals surface area contributed by atoms with E-state index in [0.29, 0.717) is 24.5 Å². The minimum absolute atomic E-state index is 0.00852. The van der Waals surface area contributed by atoms with Crippen LogP contribution in [0.5, 0.6) is 5.75 Å². The molecule has 0 aromatic heterocycles. The molecule has 0 spiro atoms. The number of hydrogen-bond acceptors (Lipinski definition) is 4. The van der Waals surface area contributed by atoms with Crippen LogP contribution >= 0.6 is 0 Å². The molecular formula is C13H19N3O2. The molecule has 5 heteroatoms.